The molecule has 5 rings (SSSR count). The Morgan fingerprint density at radius 3 is 2.70 bits per heavy atom. The van der Waals surface area contributed by atoms with E-state index in [9.17, 15) is 4.79 Å². The smallest absolute Gasteiger partial charge is 0.241 e. The number of benzene rings is 3. The molecule has 2 heterocycles. The van der Waals surface area contributed by atoms with Gasteiger partial charge in [0.15, 0.2) is 0 Å². The van der Waals surface area contributed by atoms with E-state index in [1.54, 1.807) is 7.11 Å². The third-order valence-electron chi connectivity index (χ3n) is 6.77. The van der Waals surface area contributed by atoms with Gasteiger partial charge in [0, 0.05) is 16.7 Å². The number of carbonyl (C=O) groups is 1. The van der Waals surface area contributed by atoms with E-state index in [0.717, 1.165) is 27.8 Å². The van der Waals surface area contributed by atoms with Crippen LogP contribution >= 0.6 is 0 Å². The van der Waals surface area contributed by atoms with Gasteiger partial charge in [0.25, 0.3) is 0 Å². The van der Waals surface area contributed by atoms with Gasteiger partial charge >= 0.3 is 0 Å². The summed E-state index contributed by atoms with van der Waals surface area (Å²) in [6.07, 6.45) is 4.26. The molecule has 0 bridgehead atoms. The van der Waals surface area contributed by atoms with Gasteiger partial charge in [0.1, 0.15) is 11.4 Å². The SMILES string of the molecule is COc1ccc2ccccc2c1/C=C/[C@@]12NC(=O)CN1c1ccc(C)cc1C2(C)C. The number of rotatable bonds is 3. The fourth-order valence-electron chi connectivity index (χ4n) is 5.12. The van der Waals surface area contributed by atoms with Crippen molar-refractivity contribution in [3.63, 3.8) is 0 Å². The molecule has 3 aromatic carbocycles. The van der Waals surface area contributed by atoms with E-state index in [2.05, 4.69) is 79.5 Å². The number of anilines is 1. The fourth-order valence-corrected chi connectivity index (χ4v) is 5.12. The van der Waals surface area contributed by atoms with Crippen molar-refractivity contribution in [1.82, 2.24) is 5.32 Å². The molecule has 30 heavy (non-hydrogen) atoms. The highest BCUT2D eigenvalue weighted by Crippen LogP contribution is 2.53. The number of methoxy groups -OCH3 is 1. The van der Waals surface area contributed by atoms with Gasteiger partial charge in [0.2, 0.25) is 5.91 Å². The molecule has 1 N–H and O–H groups in total. The standard InChI is InChI=1S/C26H26N2O2/c1-17-9-11-22-21(15-17)25(2,3)26(27-24(29)16-28(22)26)14-13-20-19-8-6-5-7-18(19)10-12-23(20)30-4/h5-15H,16H2,1-4H3,(H,27,29)/b14-13+/t26-/m1/s1. The van der Waals surface area contributed by atoms with Crippen molar-refractivity contribution in [2.75, 3.05) is 18.6 Å². The van der Waals surface area contributed by atoms with Crippen LogP contribution in [0.5, 0.6) is 5.75 Å². The lowest BCUT2D eigenvalue weighted by Crippen LogP contribution is -2.58. The fraction of sp³-hybridized carbons (Fsp3) is 0.269. The molecule has 2 aliphatic heterocycles. The van der Waals surface area contributed by atoms with Gasteiger partial charge in [-0.3, -0.25) is 4.79 Å². The lowest BCUT2D eigenvalue weighted by Gasteiger charge is -2.40. The molecule has 2 aliphatic rings. The van der Waals surface area contributed by atoms with Crippen LogP contribution in [0.4, 0.5) is 5.69 Å². The molecule has 1 fully saturated rings. The highest BCUT2D eigenvalue weighted by Gasteiger charge is 2.59. The summed E-state index contributed by atoms with van der Waals surface area (Å²) in [7, 11) is 1.70. The number of fused-ring (bicyclic) bond motifs is 4. The first-order valence-electron chi connectivity index (χ1n) is 10.3. The molecule has 0 spiro atoms. The Balaban J connectivity index is 1.70. The zero-order valence-electron chi connectivity index (χ0n) is 17.8. The van der Waals surface area contributed by atoms with Gasteiger partial charge in [-0.05, 0) is 41.5 Å². The van der Waals surface area contributed by atoms with Gasteiger partial charge in [-0.25, -0.2) is 0 Å². The van der Waals surface area contributed by atoms with E-state index >= 15 is 0 Å². The molecule has 152 valence electrons. The van der Waals surface area contributed by atoms with Crippen LogP contribution in [0.15, 0.2) is 60.7 Å². The Kier molecular flexibility index (Phi) is 3.97. The number of hydrogen-bond donors (Lipinski definition) is 1. The quantitative estimate of drug-likeness (QED) is 0.689. The number of amides is 1. The van der Waals surface area contributed by atoms with Gasteiger partial charge in [0.05, 0.1) is 13.7 Å². The number of hydrogen-bond acceptors (Lipinski definition) is 3. The molecular weight excluding hydrogens is 372 g/mol. The van der Waals surface area contributed by atoms with Crippen molar-refractivity contribution in [3.8, 4) is 5.75 Å². The van der Waals surface area contributed by atoms with Crippen LogP contribution in [0.1, 0.15) is 30.5 Å². The van der Waals surface area contributed by atoms with Crippen molar-refractivity contribution in [3.05, 3.63) is 77.4 Å². The first-order valence-corrected chi connectivity index (χ1v) is 10.3. The Morgan fingerprint density at radius 1 is 1.10 bits per heavy atom. The summed E-state index contributed by atoms with van der Waals surface area (Å²) in [4.78, 5) is 14.8. The molecule has 3 aromatic rings. The minimum absolute atomic E-state index is 0.0452. The first kappa shape index (κ1) is 18.7. The van der Waals surface area contributed by atoms with Crippen LogP contribution in [0.2, 0.25) is 0 Å². The molecule has 1 atom stereocenters. The summed E-state index contributed by atoms with van der Waals surface area (Å²) in [6, 6.07) is 18.9. The third-order valence-corrected chi connectivity index (χ3v) is 6.77. The molecule has 0 radical (unpaired) electrons. The van der Waals surface area contributed by atoms with E-state index in [1.165, 1.54) is 11.1 Å². The Labute approximate surface area is 177 Å². The van der Waals surface area contributed by atoms with Gasteiger partial charge < -0.3 is 15.0 Å². The molecule has 0 aromatic heterocycles. The highest BCUT2D eigenvalue weighted by molar-refractivity contribution is 5.95. The maximum absolute atomic E-state index is 12.6. The predicted octanol–water partition coefficient (Wildman–Crippen LogP) is 4.79. The van der Waals surface area contributed by atoms with Crippen LogP contribution in [0.25, 0.3) is 16.8 Å². The molecule has 4 heteroatoms. The van der Waals surface area contributed by atoms with Crippen molar-refractivity contribution in [2.45, 2.75) is 31.8 Å². The number of ether oxygens (including phenoxy) is 1. The van der Waals surface area contributed by atoms with Crippen molar-refractivity contribution >= 4 is 28.4 Å². The summed E-state index contributed by atoms with van der Waals surface area (Å²) < 4.78 is 5.68. The summed E-state index contributed by atoms with van der Waals surface area (Å²) in [5.41, 5.74) is 3.71. The normalized spacial score (nSPS) is 21.7. The second-order valence-electron chi connectivity index (χ2n) is 8.78. The molecule has 1 saturated heterocycles. The number of nitrogens with zero attached hydrogens (tertiary/aromatic N) is 1. The van der Waals surface area contributed by atoms with Crippen LogP contribution in [-0.4, -0.2) is 25.2 Å². The minimum Gasteiger partial charge on any atom is -0.496 e. The maximum Gasteiger partial charge on any atom is 0.241 e. The van der Waals surface area contributed by atoms with E-state index in [1.807, 2.05) is 18.2 Å². The second kappa shape index (κ2) is 6.36. The van der Waals surface area contributed by atoms with Crippen LogP contribution in [-0.2, 0) is 10.2 Å². The summed E-state index contributed by atoms with van der Waals surface area (Å²) >= 11 is 0. The monoisotopic (exact) mass is 398 g/mol. The molecule has 0 saturated carbocycles. The van der Waals surface area contributed by atoms with Gasteiger partial charge in [-0.2, -0.15) is 0 Å². The van der Waals surface area contributed by atoms with E-state index in [0.29, 0.717) is 6.54 Å². The van der Waals surface area contributed by atoms with Crippen LogP contribution in [0, 0.1) is 6.92 Å². The topological polar surface area (TPSA) is 41.6 Å². The maximum atomic E-state index is 12.6. The zero-order chi connectivity index (χ0) is 21.1. The largest absolute Gasteiger partial charge is 0.496 e. The number of nitrogens with one attached hydrogen (secondary N) is 1. The van der Waals surface area contributed by atoms with Gasteiger partial charge in [-0.1, -0.05) is 68.0 Å². The zero-order valence-corrected chi connectivity index (χ0v) is 17.8. The first-order chi connectivity index (χ1) is 14.4. The lowest BCUT2D eigenvalue weighted by atomic mass is 9.75. The summed E-state index contributed by atoms with van der Waals surface area (Å²) in [5, 5.41) is 5.59. The van der Waals surface area contributed by atoms with Crippen molar-refractivity contribution in [2.24, 2.45) is 0 Å². The molecule has 0 unspecified atom stereocenters. The minimum atomic E-state index is -0.623. The van der Waals surface area contributed by atoms with Crippen molar-refractivity contribution in [1.29, 1.82) is 0 Å². The third kappa shape index (κ3) is 2.43. The molecular formula is C26H26N2O2. The molecule has 1 amide bonds. The Hall–Kier alpha value is -3.27. The predicted molar refractivity (Wildman–Crippen MR) is 122 cm³/mol. The lowest BCUT2D eigenvalue weighted by molar-refractivity contribution is -0.118. The van der Waals surface area contributed by atoms with Crippen molar-refractivity contribution < 1.29 is 9.53 Å². The number of aryl methyl sites for hydroxylation is 1. The average Bonchev–Trinajstić information content (AvgIpc) is 3.16. The molecule has 4 nitrogen and oxygen atoms in total. The summed E-state index contributed by atoms with van der Waals surface area (Å²) in [5.74, 6) is 0.866. The number of carbonyl (C=O) groups excluding carboxylic acids is 1. The Bertz CT molecular complexity index is 1210. The van der Waals surface area contributed by atoms with Crippen LogP contribution < -0.4 is 15.0 Å². The summed E-state index contributed by atoms with van der Waals surface area (Å²) in [6.45, 7) is 6.89. The molecule has 0 aliphatic carbocycles. The van der Waals surface area contributed by atoms with Gasteiger partial charge in [-0.15, -0.1) is 0 Å². The van der Waals surface area contributed by atoms with Crippen LogP contribution in [0.3, 0.4) is 0 Å². The Morgan fingerprint density at radius 2 is 1.90 bits per heavy atom. The van der Waals surface area contributed by atoms with E-state index in [4.69, 9.17) is 4.74 Å². The highest BCUT2D eigenvalue weighted by atomic mass is 16.5. The van der Waals surface area contributed by atoms with E-state index < -0.39 is 5.66 Å². The van der Waals surface area contributed by atoms with E-state index in [-0.39, 0.29) is 11.3 Å². The average molecular weight is 399 g/mol. The second-order valence-corrected chi connectivity index (χ2v) is 8.78.